The lowest BCUT2D eigenvalue weighted by Gasteiger charge is -2.35. The zero-order valence-corrected chi connectivity index (χ0v) is 13.9. The summed E-state index contributed by atoms with van der Waals surface area (Å²) in [6.45, 7) is 16.3. The van der Waals surface area contributed by atoms with Crippen molar-refractivity contribution in [1.82, 2.24) is 0 Å². The molecule has 0 saturated carbocycles. The van der Waals surface area contributed by atoms with Crippen LogP contribution < -0.4 is 0 Å². The maximum absolute atomic E-state index is 10.8. The second-order valence-corrected chi connectivity index (χ2v) is 7.22. The van der Waals surface area contributed by atoms with Gasteiger partial charge < -0.3 is 0 Å². The highest BCUT2D eigenvalue weighted by Crippen LogP contribution is 2.56. The van der Waals surface area contributed by atoms with Crippen molar-refractivity contribution in [1.29, 1.82) is 0 Å². The third-order valence-electron chi connectivity index (χ3n) is 6.19. The predicted molar refractivity (Wildman–Crippen MR) is 85.2 cm³/mol. The molecule has 0 heterocycles. The van der Waals surface area contributed by atoms with Crippen molar-refractivity contribution in [2.75, 3.05) is 0 Å². The molecule has 2 unspecified atom stereocenters. The minimum absolute atomic E-state index is 0.183. The third-order valence-corrected chi connectivity index (χ3v) is 6.19. The Kier molecular flexibility index (Phi) is 3.56. The van der Waals surface area contributed by atoms with Gasteiger partial charge in [-0.05, 0) is 64.8 Å². The van der Waals surface area contributed by atoms with Gasteiger partial charge in [0.1, 0.15) is 6.54 Å². The topological polar surface area (TPSA) is 29.4 Å². The van der Waals surface area contributed by atoms with Crippen LogP contribution in [0.15, 0.2) is 11.2 Å². The summed E-state index contributed by atoms with van der Waals surface area (Å²) in [5.74, 6) is 0.590. The van der Waals surface area contributed by atoms with Crippen LogP contribution in [0.25, 0.3) is 0 Å². The van der Waals surface area contributed by atoms with Gasteiger partial charge in [0, 0.05) is 0 Å². The quantitative estimate of drug-likeness (QED) is 0.699. The molecule has 0 spiro atoms. The van der Waals surface area contributed by atoms with Gasteiger partial charge in [0.15, 0.2) is 0 Å². The molecule has 0 aromatic heterocycles. The van der Waals surface area contributed by atoms with Gasteiger partial charge in [-0.1, -0.05) is 45.9 Å². The highest BCUT2D eigenvalue weighted by Gasteiger charge is 2.51. The number of fused-ring (bicyclic) bond motifs is 1. The average Bonchev–Trinajstić information content (AvgIpc) is 2.54. The molecule has 0 bridgehead atoms. The number of rotatable bonds is 3. The maximum Gasteiger partial charge on any atom is 0.107 e. The molecule has 20 heavy (non-hydrogen) atoms. The second-order valence-electron chi connectivity index (χ2n) is 7.22. The van der Waals surface area contributed by atoms with Crippen LogP contribution in [0.2, 0.25) is 0 Å². The lowest BCUT2D eigenvalue weighted by Crippen LogP contribution is -2.33. The van der Waals surface area contributed by atoms with Gasteiger partial charge in [-0.2, -0.15) is 4.91 Å². The average molecular weight is 273 g/mol. The number of nitroso groups, excluding NO2 is 1. The Morgan fingerprint density at radius 3 is 2.35 bits per heavy atom. The first-order chi connectivity index (χ1) is 9.21. The molecule has 0 radical (unpaired) electrons. The molecule has 1 aliphatic rings. The molecule has 2 atom stereocenters. The van der Waals surface area contributed by atoms with Crippen LogP contribution in [0.5, 0.6) is 0 Å². The molecule has 0 fully saturated rings. The lowest BCUT2D eigenvalue weighted by atomic mass is 9.68. The zero-order valence-electron chi connectivity index (χ0n) is 13.9. The van der Waals surface area contributed by atoms with Crippen molar-refractivity contribution < 1.29 is 0 Å². The number of benzene rings is 1. The van der Waals surface area contributed by atoms with Crippen molar-refractivity contribution >= 4 is 0 Å². The van der Waals surface area contributed by atoms with Gasteiger partial charge in [0.25, 0.3) is 0 Å². The minimum Gasteiger partial charge on any atom is -0.150 e. The molecular weight excluding hydrogens is 246 g/mol. The van der Waals surface area contributed by atoms with E-state index in [9.17, 15) is 4.91 Å². The van der Waals surface area contributed by atoms with Crippen LogP contribution in [0, 0.1) is 24.7 Å². The highest BCUT2D eigenvalue weighted by atomic mass is 16.3. The van der Waals surface area contributed by atoms with Gasteiger partial charge in [0.05, 0.1) is 0 Å². The van der Waals surface area contributed by atoms with E-state index < -0.39 is 0 Å². The number of nitrogens with zero attached hydrogens (tertiary/aromatic N) is 1. The largest absolute Gasteiger partial charge is 0.150 e. The molecule has 0 aliphatic heterocycles. The van der Waals surface area contributed by atoms with Crippen LogP contribution >= 0.6 is 0 Å². The first-order valence-electron chi connectivity index (χ1n) is 7.65. The second kappa shape index (κ2) is 4.68. The Balaban J connectivity index is 2.82. The third kappa shape index (κ3) is 1.77. The molecule has 110 valence electrons. The summed E-state index contributed by atoms with van der Waals surface area (Å²) >= 11 is 0. The summed E-state index contributed by atoms with van der Waals surface area (Å²) in [6.07, 6.45) is 1.13. The summed E-state index contributed by atoms with van der Waals surface area (Å²) in [7, 11) is 0. The van der Waals surface area contributed by atoms with Gasteiger partial charge in [-0.15, -0.1) is 0 Å². The molecule has 0 saturated heterocycles. The van der Waals surface area contributed by atoms with Gasteiger partial charge in [0.2, 0.25) is 0 Å². The van der Waals surface area contributed by atoms with Crippen LogP contribution in [0.1, 0.15) is 68.9 Å². The molecule has 2 nitrogen and oxygen atoms in total. The molecule has 0 N–H and O–H groups in total. The summed E-state index contributed by atoms with van der Waals surface area (Å²) < 4.78 is 0. The molecule has 2 rings (SSSR count). The Morgan fingerprint density at radius 1 is 1.25 bits per heavy atom. The van der Waals surface area contributed by atoms with Crippen molar-refractivity contribution in [3.8, 4) is 0 Å². The fraction of sp³-hybridized carbons (Fsp3) is 0.667. The fourth-order valence-electron chi connectivity index (χ4n) is 4.31. The molecule has 1 aliphatic carbocycles. The first-order valence-corrected chi connectivity index (χ1v) is 7.65. The molecule has 1 aromatic carbocycles. The molecule has 2 heteroatoms. The van der Waals surface area contributed by atoms with Crippen LogP contribution in [-0.4, -0.2) is 0 Å². The fourth-order valence-corrected chi connectivity index (χ4v) is 4.31. The van der Waals surface area contributed by atoms with E-state index in [0.717, 1.165) is 12.0 Å². The lowest BCUT2D eigenvalue weighted by molar-refractivity contribution is 0.238. The molecular formula is C18H27NO. The predicted octanol–water partition coefficient (Wildman–Crippen LogP) is 5.16. The van der Waals surface area contributed by atoms with Crippen molar-refractivity contribution in [2.45, 2.75) is 72.3 Å². The SMILES string of the molecule is CCC1(C)c2c(cc(C)c(CN=O)c2C)C(C)(C)C1C. The highest BCUT2D eigenvalue weighted by molar-refractivity contribution is 5.55. The molecule has 0 amide bonds. The standard InChI is InChI=1S/C18H27NO/c1-8-18(7)13(4)17(5,6)15-9-11(2)14(10-19-20)12(3)16(15)18/h9,13H,8,10H2,1-7H3. The van der Waals surface area contributed by atoms with E-state index in [1.54, 1.807) is 0 Å². The summed E-state index contributed by atoms with van der Waals surface area (Å²) in [5, 5.41) is 3.13. The van der Waals surface area contributed by atoms with Gasteiger partial charge >= 0.3 is 0 Å². The summed E-state index contributed by atoms with van der Waals surface area (Å²) in [5.41, 5.74) is 6.95. The minimum atomic E-state index is 0.183. The molecule has 1 aromatic rings. The zero-order chi connectivity index (χ0) is 15.3. The van der Waals surface area contributed by atoms with Crippen molar-refractivity contribution in [3.63, 3.8) is 0 Å². The van der Waals surface area contributed by atoms with Crippen LogP contribution in [-0.2, 0) is 17.4 Å². The van der Waals surface area contributed by atoms with E-state index >= 15 is 0 Å². The van der Waals surface area contributed by atoms with Crippen LogP contribution in [0.3, 0.4) is 0 Å². The monoisotopic (exact) mass is 273 g/mol. The normalized spacial score (nSPS) is 27.4. The van der Waals surface area contributed by atoms with E-state index in [-0.39, 0.29) is 10.8 Å². The Labute approximate surface area is 122 Å². The summed E-state index contributed by atoms with van der Waals surface area (Å²) in [6, 6.07) is 2.31. The van der Waals surface area contributed by atoms with E-state index in [2.05, 4.69) is 59.7 Å². The van der Waals surface area contributed by atoms with E-state index in [4.69, 9.17) is 0 Å². The van der Waals surface area contributed by atoms with E-state index in [1.807, 2.05) is 0 Å². The smallest absolute Gasteiger partial charge is 0.107 e. The van der Waals surface area contributed by atoms with Crippen molar-refractivity contribution in [2.24, 2.45) is 11.1 Å². The Bertz CT molecular complexity index is 559. The Morgan fingerprint density at radius 2 is 1.85 bits per heavy atom. The number of hydrogen-bond donors (Lipinski definition) is 0. The van der Waals surface area contributed by atoms with E-state index in [1.165, 1.54) is 22.3 Å². The van der Waals surface area contributed by atoms with E-state index in [0.29, 0.717) is 12.5 Å². The number of hydrogen-bond acceptors (Lipinski definition) is 2. The first kappa shape index (κ1) is 15.2. The number of aryl methyl sites for hydroxylation is 1. The van der Waals surface area contributed by atoms with Gasteiger partial charge in [-0.3, -0.25) is 0 Å². The van der Waals surface area contributed by atoms with Crippen LogP contribution in [0.4, 0.5) is 0 Å². The Hall–Kier alpha value is -1.18. The summed E-state index contributed by atoms with van der Waals surface area (Å²) in [4.78, 5) is 10.8. The maximum atomic E-state index is 10.8. The van der Waals surface area contributed by atoms with Crippen molar-refractivity contribution in [3.05, 3.63) is 38.8 Å². The van der Waals surface area contributed by atoms with Gasteiger partial charge in [-0.25, -0.2) is 0 Å².